The number of carbonyl (C=O) groups is 1. The van der Waals surface area contributed by atoms with E-state index in [9.17, 15) is 4.79 Å². The molecule has 1 atom stereocenters. The molecule has 1 unspecified atom stereocenters. The van der Waals surface area contributed by atoms with Crippen molar-refractivity contribution < 1.29 is 9.53 Å². The van der Waals surface area contributed by atoms with Crippen molar-refractivity contribution in [1.82, 2.24) is 4.98 Å². The third-order valence-corrected chi connectivity index (χ3v) is 5.78. The fourth-order valence-electron chi connectivity index (χ4n) is 3.65. The van der Waals surface area contributed by atoms with Gasteiger partial charge in [-0.05, 0) is 59.1 Å². The highest BCUT2D eigenvalue weighted by Crippen LogP contribution is 2.32. The van der Waals surface area contributed by atoms with Gasteiger partial charge in [0.15, 0.2) is 0 Å². The summed E-state index contributed by atoms with van der Waals surface area (Å²) >= 11 is 0. The zero-order chi connectivity index (χ0) is 24.2. The van der Waals surface area contributed by atoms with Gasteiger partial charge < -0.3 is 10.5 Å². The minimum absolute atomic E-state index is 0.126. The first-order valence-electron chi connectivity index (χ1n) is 11.6. The van der Waals surface area contributed by atoms with Crippen LogP contribution < -0.4 is 10.5 Å². The lowest BCUT2D eigenvalue weighted by Crippen LogP contribution is -2.14. The minimum atomic E-state index is -0.427. The zero-order valence-corrected chi connectivity index (χ0v) is 20.7. The van der Waals surface area contributed by atoms with E-state index in [1.165, 1.54) is 5.56 Å². The van der Waals surface area contributed by atoms with Crippen molar-refractivity contribution in [2.75, 3.05) is 0 Å². The van der Waals surface area contributed by atoms with E-state index in [-0.39, 0.29) is 16.9 Å². The van der Waals surface area contributed by atoms with Crippen molar-refractivity contribution in [1.29, 1.82) is 0 Å². The highest BCUT2D eigenvalue weighted by atomic mass is 16.5. The molecule has 1 amide bonds. The van der Waals surface area contributed by atoms with E-state index in [4.69, 9.17) is 10.5 Å². The van der Waals surface area contributed by atoms with E-state index < -0.39 is 5.91 Å². The Kier molecular flexibility index (Phi) is 7.26. The summed E-state index contributed by atoms with van der Waals surface area (Å²) in [4.78, 5) is 16.1. The van der Waals surface area contributed by atoms with Crippen LogP contribution in [0.1, 0.15) is 82.0 Å². The van der Waals surface area contributed by atoms with Crippen LogP contribution in [0, 0.1) is 5.41 Å². The van der Waals surface area contributed by atoms with Gasteiger partial charge in [-0.2, -0.15) is 0 Å². The highest BCUT2D eigenvalue weighted by Gasteiger charge is 2.19. The number of carbonyl (C=O) groups excluding carboxylic acids is 1. The van der Waals surface area contributed by atoms with Gasteiger partial charge >= 0.3 is 0 Å². The quantitative estimate of drug-likeness (QED) is 0.423. The number of hydrogen-bond acceptors (Lipinski definition) is 3. The molecule has 2 aromatic carbocycles. The molecule has 0 aliphatic heterocycles. The lowest BCUT2D eigenvalue weighted by molar-refractivity contribution is 0.1000. The van der Waals surface area contributed by atoms with Gasteiger partial charge in [-0.3, -0.25) is 9.78 Å². The number of nitrogens with two attached hydrogens (primary N) is 1. The summed E-state index contributed by atoms with van der Waals surface area (Å²) in [5.41, 5.74) is 10.5. The Morgan fingerprint density at radius 1 is 0.909 bits per heavy atom. The SMILES string of the molecule is CC(C)(C)CCC(Oc1ccc(-c2ccc(C(C)(C)C)cc2)nc1)c1ccc(C(N)=O)cc1. The zero-order valence-electron chi connectivity index (χ0n) is 20.7. The van der Waals surface area contributed by atoms with Crippen LogP contribution in [0.4, 0.5) is 0 Å². The van der Waals surface area contributed by atoms with Crippen molar-refractivity contribution in [3.63, 3.8) is 0 Å². The number of rotatable bonds is 7. The second-order valence-electron chi connectivity index (χ2n) is 10.9. The first-order chi connectivity index (χ1) is 15.4. The summed E-state index contributed by atoms with van der Waals surface area (Å²) < 4.78 is 6.37. The maximum absolute atomic E-state index is 11.4. The van der Waals surface area contributed by atoms with Gasteiger partial charge in [0.25, 0.3) is 0 Å². The number of pyridine rings is 1. The van der Waals surface area contributed by atoms with Gasteiger partial charge in [-0.25, -0.2) is 0 Å². The molecule has 1 heterocycles. The molecule has 4 nitrogen and oxygen atoms in total. The molecule has 0 spiro atoms. The van der Waals surface area contributed by atoms with Crippen LogP contribution in [0.3, 0.4) is 0 Å². The van der Waals surface area contributed by atoms with Crippen LogP contribution in [-0.2, 0) is 5.41 Å². The van der Waals surface area contributed by atoms with E-state index in [0.717, 1.165) is 35.4 Å². The molecule has 0 saturated heterocycles. The van der Waals surface area contributed by atoms with Crippen LogP contribution in [0.15, 0.2) is 66.9 Å². The monoisotopic (exact) mass is 444 g/mol. The molecule has 2 N–H and O–H groups in total. The maximum Gasteiger partial charge on any atom is 0.248 e. The van der Waals surface area contributed by atoms with Crippen molar-refractivity contribution in [3.05, 3.63) is 83.6 Å². The topological polar surface area (TPSA) is 65.2 Å². The Morgan fingerprint density at radius 3 is 2.03 bits per heavy atom. The van der Waals surface area contributed by atoms with Crippen LogP contribution in [0.25, 0.3) is 11.3 Å². The molecule has 3 rings (SSSR count). The van der Waals surface area contributed by atoms with Gasteiger partial charge in [0.1, 0.15) is 11.9 Å². The van der Waals surface area contributed by atoms with Crippen LogP contribution in [0.5, 0.6) is 5.75 Å². The van der Waals surface area contributed by atoms with Gasteiger partial charge in [0, 0.05) is 11.1 Å². The summed E-state index contributed by atoms with van der Waals surface area (Å²) in [6.07, 6.45) is 3.51. The summed E-state index contributed by atoms with van der Waals surface area (Å²) in [6, 6.07) is 19.9. The van der Waals surface area contributed by atoms with Gasteiger partial charge in [0.2, 0.25) is 5.91 Å². The minimum Gasteiger partial charge on any atom is -0.484 e. The Bertz CT molecular complexity index is 1060. The molecule has 0 bridgehead atoms. The first-order valence-corrected chi connectivity index (χ1v) is 11.6. The van der Waals surface area contributed by atoms with E-state index in [1.807, 2.05) is 24.3 Å². The maximum atomic E-state index is 11.4. The van der Waals surface area contributed by atoms with Crippen molar-refractivity contribution in [3.8, 4) is 17.0 Å². The number of amides is 1. The lowest BCUT2D eigenvalue weighted by atomic mass is 9.86. The van der Waals surface area contributed by atoms with Crippen molar-refractivity contribution in [2.45, 2.75) is 65.9 Å². The molecular formula is C29H36N2O2. The van der Waals surface area contributed by atoms with Gasteiger partial charge in [0.05, 0.1) is 11.9 Å². The smallest absolute Gasteiger partial charge is 0.248 e. The predicted octanol–water partition coefficient (Wildman–Crippen LogP) is 7.09. The van der Waals surface area contributed by atoms with Gasteiger partial charge in [-0.15, -0.1) is 0 Å². The third kappa shape index (κ3) is 6.92. The van der Waals surface area contributed by atoms with E-state index in [2.05, 4.69) is 70.8 Å². The largest absolute Gasteiger partial charge is 0.484 e. The van der Waals surface area contributed by atoms with Gasteiger partial charge in [-0.1, -0.05) is 77.9 Å². The van der Waals surface area contributed by atoms with Crippen LogP contribution in [0.2, 0.25) is 0 Å². The third-order valence-electron chi connectivity index (χ3n) is 5.78. The average molecular weight is 445 g/mol. The number of hydrogen-bond donors (Lipinski definition) is 1. The van der Waals surface area contributed by atoms with Crippen molar-refractivity contribution >= 4 is 5.91 Å². The Hall–Kier alpha value is -3.14. The number of benzene rings is 2. The number of nitrogens with zero attached hydrogens (tertiary/aromatic N) is 1. The predicted molar refractivity (Wildman–Crippen MR) is 135 cm³/mol. The molecule has 0 aliphatic carbocycles. The van der Waals surface area contributed by atoms with E-state index >= 15 is 0 Å². The number of primary amides is 1. The Labute approximate surface area is 198 Å². The molecule has 3 aromatic rings. The molecule has 174 valence electrons. The Balaban J connectivity index is 1.78. The summed E-state index contributed by atoms with van der Waals surface area (Å²) in [7, 11) is 0. The fraction of sp³-hybridized carbons (Fsp3) is 0.379. The molecule has 0 saturated carbocycles. The molecule has 33 heavy (non-hydrogen) atoms. The normalized spacial score (nSPS) is 12.9. The molecular weight excluding hydrogens is 408 g/mol. The van der Waals surface area contributed by atoms with Crippen LogP contribution in [-0.4, -0.2) is 10.9 Å². The molecule has 4 heteroatoms. The molecule has 1 aromatic heterocycles. The van der Waals surface area contributed by atoms with Crippen molar-refractivity contribution in [2.24, 2.45) is 11.1 Å². The average Bonchev–Trinajstić information content (AvgIpc) is 2.76. The number of ether oxygens (including phenoxy) is 1. The van der Waals surface area contributed by atoms with E-state index in [1.54, 1.807) is 18.3 Å². The Morgan fingerprint density at radius 2 is 1.55 bits per heavy atom. The second-order valence-corrected chi connectivity index (χ2v) is 10.9. The molecule has 0 radical (unpaired) electrons. The van der Waals surface area contributed by atoms with E-state index in [0.29, 0.717) is 5.56 Å². The first kappa shape index (κ1) is 24.5. The summed E-state index contributed by atoms with van der Waals surface area (Å²) in [5, 5.41) is 0. The second kappa shape index (κ2) is 9.78. The fourth-order valence-corrected chi connectivity index (χ4v) is 3.65. The number of aromatic nitrogens is 1. The standard InChI is InChI=1S/C29H36N2O2/c1-28(2,3)18-17-26(21-7-9-22(10-8-21)27(30)32)33-24-15-16-25(31-19-24)20-11-13-23(14-12-20)29(4,5)6/h7-16,19,26H,17-18H2,1-6H3,(H2,30,32). The summed E-state index contributed by atoms with van der Waals surface area (Å²) in [5.74, 6) is 0.298. The molecule has 0 aliphatic rings. The molecule has 0 fully saturated rings. The van der Waals surface area contributed by atoms with Crippen LogP contribution >= 0.6 is 0 Å². The highest BCUT2D eigenvalue weighted by molar-refractivity contribution is 5.92. The lowest BCUT2D eigenvalue weighted by Gasteiger charge is -2.24. The summed E-state index contributed by atoms with van der Waals surface area (Å²) in [6.45, 7) is 13.3.